The van der Waals surface area contributed by atoms with Crippen LogP contribution in [0.25, 0.3) is 0 Å². The molecule has 2 aliphatic heterocycles. The van der Waals surface area contributed by atoms with Crippen LogP contribution in [0.2, 0.25) is 0 Å². The summed E-state index contributed by atoms with van der Waals surface area (Å²) in [7, 11) is 0. The molecule has 5 nitrogen and oxygen atoms in total. The number of carbonyl (C=O) groups is 1. The van der Waals surface area contributed by atoms with Crippen LogP contribution in [-0.2, 0) is 4.74 Å². The van der Waals surface area contributed by atoms with Gasteiger partial charge in [0.1, 0.15) is 5.60 Å². The topological polar surface area (TPSA) is 53.0 Å². The number of carbonyl (C=O) groups excluding carboxylic acids is 1. The van der Waals surface area contributed by atoms with Crippen LogP contribution in [0, 0.1) is 0 Å². The fourth-order valence-electron chi connectivity index (χ4n) is 2.54. The molecule has 2 heterocycles. The van der Waals surface area contributed by atoms with E-state index >= 15 is 0 Å². The summed E-state index contributed by atoms with van der Waals surface area (Å²) < 4.78 is 5.36. The highest BCUT2D eigenvalue weighted by Crippen LogP contribution is 2.29. The lowest BCUT2D eigenvalue weighted by atomic mass is 9.91. The quantitative estimate of drug-likeness (QED) is 0.734. The molecule has 0 unspecified atom stereocenters. The Hall–Kier alpha value is -0.810. The Kier molecular flexibility index (Phi) is 3.32. The van der Waals surface area contributed by atoms with Gasteiger partial charge in [-0.1, -0.05) is 0 Å². The molecule has 0 aliphatic carbocycles. The molecule has 2 saturated heterocycles. The van der Waals surface area contributed by atoms with Crippen LogP contribution in [0.1, 0.15) is 27.2 Å². The molecule has 0 aromatic rings. The zero-order chi connectivity index (χ0) is 12.6. The fraction of sp³-hybridized carbons (Fsp3) is 0.917. The van der Waals surface area contributed by atoms with E-state index in [9.17, 15) is 4.79 Å². The minimum Gasteiger partial charge on any atom is -0.444 e. The summed E-state index contributed by atoms with van der Waals surface area (Å²) in [6, 6.07) is 0.717. The number of piperazine rings is 1. The van der Waals surface area contributed by atoms with Crippen molar-refractivity contribution in [1.82, 2.24) is 9.80 Å². The predicted octanol–water partition coefficient (Wildman–Crippen LogP) is 0.672. The molecule has 1 N–H and O–H groups in total. The standard InChI is InChI=1S/C12H22N2O3/c1-12(2,3)17-11(16)13-4-5-14-9(7-13)6-10(14)8-15/h9-10,15H,4-8H2,1-3H3/t9-,10-/m0/s1. The molecular formula is C12H22N2O3. The van der Waals surface area contributed by atoms with Gasteiger partial charge in [0, 0.05) is 31.7 Å². The van der Waals surface area contributed by atoms with Gasteiger partial charge in [-0.15, -0.1) is 0 Å². The third-order valence-corrected chi connectivity index (χ3v) is 3.40. The number of amides is 1. The minimum atomic E-state index is -0.429. The normalized spacial score (nSPS) is 29.5. The SMILES string of the molecule is CC(C)(C)OC(=O)N1CCN2[C@H](CO)C[C@H]2C1. The van der Waals surface area contributed by atoms with Crippen molar-refractivity contribution in [3.05, 3.63) is 0 Å². The number of ether oxygens (including phenoxy) is 1. The second-order valence-corrected chi connectivity index (χ2v) is 5.89. The summed E-state index contributed by atoms with van der Waals surface area (Å²) in [4.78, 5) is 15.9. The lowest BCUT2D eigenvalue weighted by Gasteiger charge is -2.53. The minimum absolute atomic E-state index is 0.218. The second-order valence-electron chi connectivity index (χ2n) is 5.89. The molecule has 0 spiro atoms. The van der Waals surface area contributed by atoms with Gasteiger partial charge in [-0.05, 0) is 27.2 Å². The van der Waals surface area contributed by atoms with E-state index in [1.54, 1.807) is 4.90 Å². The van der Waals surface area contributed by atoms with Crippen LogP contribution in [-0.4, -0.2) is 64.9 Å². The van der Waals surface area contributed by atoms with E-state index in [1.165, 1.54) is 0 Å². The van der Waals surface area contributed by atoms with E-state index in [-0.39, 0.29) is 12.7 Å². The number of hydrogen-bond donors (Lipinski definition) is 1. The lowest BCUT2D eigenvalue weighted by molar-refractivity contribution is -0.0682. The monoisotopic (exact) mass is 242 g/mol. The van der Waals surface area contributed by atoms with Gasteiger partial charge in [-0.25, -0.2) is 4.79 Å². The van der Waals surface area contributed by atoms with Crippen molar-refractivity contribution in [3.8, 4) is 0 Å². The summed E-state index contributed by atoms with van der Waals surface area (Å²) in [6.07, 6.45) is 0.764. The maximum Gasteiger partial charge on any atom is 0.410 e. The molecule has 5 heteroatoms. The number of hydrogen-bond acceptors (Lipinski definition) is 4. The van der Waals surface area contributed by atoms with Crippen molar-refractivity contribution in [2.75, 3.05) is 26.2 Å². The molecule has 1 amide bonds. The Balaban J connectivity index is 1.84. The van der Waals surface area contributed by atoms with Crippen LogP contribution in [0.4, 0.5) is 4.79 Å². The first kappa shape index (κ1) is 12.6. The highest BCUT2D eigenvalue weighted by molar-refractivity contribution is 5.68. The van der Waals surface area contributed by atoms with Crippen molar-refractivity contribution in [1.29, 1.82) is 0 Å². The van der Waals surface area contributed by atoms with E-state index in [0.717, 1.165) is 19.5 Å². The smallest absolute Gasteiger partial charge is 0.410 e. The van der Waals surface area contributed by atoms with Crippen LogP contribution in [0.15, 0.2) is 0 Å². The van der Waals surface area contributed by atoms with Crippen LogP contribution in [0.3, 0.4) is 0 Å². The third kappa shape index (κ3) is 2.72. The van der Waals surface area contributed by atoms with Gasteiger partial charge in [-0.3, -0.25) is 4.90 Å². The van der Waals surface area contributed by atoms with E-state index in [0.29, 0.717) is 18.6 Å². The molecule has 2 aliphatic rings. The van der Waals surface area contributed by atoms with Crippen molar-refractivity contribution in [2.45, 2.75) is 44.9 Å². The maximum absolute atomic E-state index is 11.9. The summed E-state index contributed by atoms with van der Waals surface area (Å²) in [5.41, 5.74) is -0.429. The highest BCUT2D eigenvalue weighted by atomic mass is 16.6. The average Bonchev–Trinajstić information content (AvgIpc) is 2.17. The van der Waals surface area contributed by atoms with E-state index in [4.69, 9.17) is 9.84 Å². The molecule has 0 radical (unpaired) electrons. The van der Waals surface area contributed by atoms with E-state index in [1.807, 2.05) is 20.8 Å². The van der Waals surface area contributed by atoms with Crippen LogP contribution in [0.5, 0.6) is 0 Å². The number of aliphatic hydroxyl groups is 1. The number of nitrogens with zero attached hydrogens (tertiary/aromatic N) is 2. The molecular weight excluding hydrogens is 220 g/mol. The number of fused-ring (bicyclic) bond motifs is 1. The zero-order valence-electron chi connectivity index (χ0n) is 10.8. The fourth-order valence-corrected chi connectivity index (χ4v) is 2.54. The van der Waals surface area contributed by atoms with Gasteiger partial charge in [0.2, 0.25) is 0 Å². The first-order chi connectivity index (χ1) is 7.90. The van der Waals surface area contributed by atoms with Crippen LogP contribution >= 0.6 is 0 Å². The Morgan fingerprint density at radius 3 is 2.65 bits per heavy atom. The third-order valence-electron chi connectivity index (χ3n) is 3.40. The molecule has 2 fully saturated rings. The molecule has 0 bridgehead atoms. The first-order valence-electron chi connectivity index (χ1n) is 6.25. The van der Waals surface area contributed by atoms with Gasteiger partial charge in [-0.2, -0.15) is 0 Å². The second kappa shape index (κ2) is 4.46. The number of rotatable bonds is 1. The zero-order valence-corrected chi connectivity index (χ0v) is 10.8. The molecule has 2 atom stereocenters. The van der Waals surface area contributed by atoms with Gasteiger partial charge in [0.05, 0.1) is 6.61 Å². The largest absolute Gasteiger partial charge is 0.444 e. The highest BCUT2D eigenvalue weighted by Gasteiger charge is 2.42. The summed E-state index contributed by atoms with van der Waals surface area (Å²) in [5.74, 6) is 0. The Morgan fingerprint density at radius 1 is 1.41 bits per heavy atom. The Bertz CT molecular complexity index is 301. The maximum atomic E-state index is 11.9. The van der Waals surface area contributed by atoms with Gasteiger partial charge in [0.25, 0.3) is 0 Å². The number of aliphatic hydroxyl groups excluding tert-OH is 1. The predicted molar refractivity (Wildman–Crippen MR) is 63.8 cm³/mol. The van der Waals surface area contributed by atoms with Gasteiger partial charge < -0.3 is 14.7 Å². The summed E-state index contributed by atoms with van der Waals surface area (Å²) in [6.45, 7) is 8.14. The van der Waals surface area contributed by atoms with E-state index in [2.05, 4.69) is 4.90 Å². The van der Waals surface area contributed by atoms with Crippen molar-refractivity contribution < 1.29 is 14.6 Å². The average molecular weight is 242 g/mol. The summed E-state index contributed by atoms with van der Waals surface area (Å²) in [5, 5.41) is 9.11. The van der Waals surface area contributed by atoms with Gasteiger partial charge >= 0.3 is 6.09 Å². The van der Waals surface area contributed by atoms with Crippen molar-refractivity contribution in [3.63, 3.8) is 0 Å². The van der Waals surface area contributed by atoms with Crippen molar-refractivity contribution >= 4 is 6.09 Å². The molecule has 0 aromatic heterocycles. The molecule has 2 rings (SSSR count). The Labute approximate surface area is 102 Å². The molecule has 98 valence electrons. The van der Waals surface area contributed by atoms with E-state index < -0.39 is 5.60 Å². The lowest BCUT2D eigenvalue weighted by Crippen LogP contribution is -2.67. The molecule has 0 saturated carbocycles. The summed E-state index contributed by atoms with van der Waals surface area (Å²) >= 11 is 0. The Morgan fingerprint density at radius 2 is 2.12 bits per heavy atom. The molecule has 17 heavy (non-hydrogen) atoms. The van der Waals surface area contributed by atoms with Crippen molar-refractivity contribution in [2.24, 2.45) is 0 Å². The van der Waals surface area contributed by atoms with Gasteiger partial charge in [0.15, 0.2) is 0 Å². The van der Waals surface area contributed by atoms with Crippen LogP contribution < -0.4 is 0 Å². The first-order valence-corrected chi connectivity index (χ1v) is 6.25. The molecule has 0 aromatic carbocycles.